The van der Waals surface area contributed by atoms with Crippen LogP contribution in [0.25, 0.3) is 33.2 Å². The van der Waals surface area contributed by atoms with Crippen molar-refractivity contribution in [3.8, 4) is 11.4 Å². The van der Waals surface area contributed by atoms with Gasteiger partial charge in [-0.3, -0.25) is 0 Å². The molecule has 0 amide bonds. The summed E-state index contributed by atoms with van der Waals surface area (Å²) < 4.78 is 2.18. The predicted molar refractivity (Wildman–Crippen MR) is 86.5 cm³/mol. The Morgan fingerprint density at radius 1 is 0.950 bits per heavy atom. The topological polar surface area (TPSA) is 43.8 Å². The summed E-state index contributed by atoms with van der Waals surface area (Å²) in [5.41, 5.74) is 11.2. The Bertz CT molecular complexity index is 895. The highest BCUT2D eigenvalue weighted by molar-refractivity contribution is 6.07. The minimum Gasteiger partial charge on any atom is -0.396 e. The van der Waals surface area contributed by atoms with E-state index in [4.69, 9.17) is 5.73 Å². The summed E-state index contributed by atoms with van der Waals surface area (Å²) in [6, 6.07) is 16.3. The van der Waals surface area contributed by atoms with E-state index in [0.717, 1.165) is 38.9 Å². The number of nitrogen functional groups attached to an aromatic ring is 1. The lowest BCUT2D eigenvalue weighted by Gasteiger charge is -2.14. The number of anilines is 1. The molecular weight excluding hydrogens is 270 g/mol. The maximum Gasteiger partial charge on any atom is 0.112 e. The number of benzene rings is 2. The van der Waals surface area contributed by atoms with Crippen LogP contribution < -0.4 is 5.73 Å². The molecule has 20 heavy (non-hydrogen) atoms. The first-order chi connectivity index (χ1) is 9.27. The van der Waals surface area contributed by atoms with Crippen LogP contribution in [0, 0.1) is 0 Å². The molecule has 0 bridgehead atoms. The van der Waals surface area contributed by atoms with Crippen molar-refractivity contribution >= 4 is 39.9 Å². The Morgan fingerprint density at radius 2 is 1.60 bits per heavy atom. The first-order valence-corrected chi connectivity index (χ1v) is 6.29. The van der Waals surface area contributed by atoms with Gasteiger partial charge in [0, 0.05) is 17.8 Å². The van der Waals surface area contributed by atoms with Crippen LogP contribution in [0.4, 0.5) is 5.69 Å². The molecule has 0 aromatic heterocycles. The molecule has 4 rings (SSSR count). The van der Waals surface area contributed by atoms with E-state index in [1.807, 2.05) is 36.4 Å². The molecule has 0 aliphatic carbocycles. The fourth-order valence-corrected chi connectivity index (χ4v) is 2.84. The third-order valence-corrected chi connectivity index (χ3v) is 3.76. The summed E-state index contributed by atoms with van der Waals surface area (Å²) in [6.45, 7) is 0. The molecule has 2 heterocycles. The molecule has 4 heteroatoms. The van der Waals surface area contributed by atoms with Gasteiger partial charge < -0.3 is 10.3 Å². The zero-order valence-electron chi connectivity index (χ0n) is 11.0. The summed E-state index contributed by atoms with van der Waals surface area (Å²) in [5, 5.41) is 2.21. The maximum absolute atomic E-state index is 6.31. The summed E-state index contributed by atoms with van der Waals surface area (Å²) in [4.78, 5) is 4.68. The van der Waals surface area contributed by atoms with Crippen LogP contribution in [0.5, 0.6) is 0 Å². The molecule has 0 atom stereocenters. The number of nitrogens with two attached hydrogens (primary N) is 1. The van der Waals surface area contributed by atoms with E-state index in [0.29, 0.717) is 0 Å². The van der Waals surface area contributed by atoms with Crippen LogP contribution in [0.3, 0.4) is 0 Å². The molecule has 0 saturated heterocycles. The quantitative estimate of drug-likeness (QED) is 0.533. The molecule has 2 aliphatic rings. The highest BCUT2D eigenvalue weighted by Gasteiger charge is 2.19. The molecule has 0 spiro atoms. The number of rotatable bonds is 0. The second-order valence-electron chi connectivity index (χ2n) is 4.82. The number of aryl methyl sites for hydroxylation is 1. The molecule has 0 fully saturated rings. The molecule has 2 aromatic carbocycles. The van der Waals surface area contributed by atoms with Crippen molar-refractivity contribution < 1.29 is 0 Å². The molecular formula is C16H14ClN3. The lowest BCUT2D eigenvalue weighted by Crippen LogP contribution is -2.03. The van der Waals surface area contributed by atoms with Crippen LogP contribution >= 0.6 is 12.4 Å². The summed E-state index contributed by atoms with van der Waals surface area (Å²) in [7, 11) is 2.07. The van der Waals surface area contributed by atoms with E-state index in [1.165, 1.54) is 0 Å². The van der Waals surface area contributed by atoms with Gasteiger partial charge in [-0.15, -0.1) is 12.4 Å². The van der Waals surface area contributed by atoms with Crippen molar-refractivity contribution in [2.24, 2.45) is 7.05 Å². The fourth-order valence-electron chi connectivity index (χ4n) is 2.84. The second-order valence-corrected chi connectivity index (χ2v) is 4.82. The summed E-state index contributed by atoms with van der Waals surface area (Å²) in [5.74, 6) is 0. The third kappa shape index (κ3) is 1.50. The van der Waals surface area contributed by atoms with Gasteiger partial charge in [0.2, 0.25) is 0 Å². The van der Waals surface area contributed by atoms with Crippen molar-refractivity contribution in [1.29, 1.82) is 0 Å². The molecule has 0 radical (unpaired) electrons. The normalized spacial score (nSPS) is 11.1. The zero-order chi connectivity index (χ0) is 13.0. The van der Waals surface area contributed by atoms with Crippen LogP contribution in [0.15, 0.2) is 48.5 Å². The SMILES string of the molecule is Cl.Cn1c2c3ccccc3nc-2c(N)c2ccccc21. The van der Waals surface area contributed by atoms with E-state index in [-0.39, 0.29) is 12.4 Å². The van der Waals surface area contributed by atoms with Crippen molar-refractivity contribution in [1.82, 2.24) is 9.55 Å². The lowest BCUT2D eigenvalue weighted by molar-refractivity contribution is 0.968. The van der Waals surface area contributed by atoms with Gasteiger partial charge >= 0.3 is 0 Å². The minimum absolute atomic E-state index is 0. The molecule has 3 nitrogen and oxygen atoms in total. The average molecular weight is 284 g/mol. The van der Waals surface area contributed by atoms with Crippen molar-refractivity contribution in [2.45, 2.75) is 0 Å². The lowest BCUT2D eigenvalue weighted by atomic mass is 10.1. The first-order valence-electron chi connectivity index (χ1n) is 6.29. The van der Waals surface area contributed by atoms with Gasteiger partial charge in [-0.1, -0.05) is 36.4 Å². The Kier molecular flexibility index (Phi) is 2.80. The highest BCUT2D eigenvalue weighted by Crippen LogP contribution is 2.38. The van der Waals surface area contributed by atoms with Crippen LogP contribution in [-0.2, 0) is 7.05 Å². The average Bonchev–Trinajstić information content (AvgIpc) is 2.84. The molecule has 0 unspecified atom stereocenters. The molecule has 2 N–H and O–H groups in total. The number of nitrogens with zero attached hydrogens (tertiary/aromatic N) is 2. The van der Waals surface area contributed by atoms with E-state index < -0.39 is 0 Å². The number of para-hydroxylation sites is 2. The number of aromatic nitrogens is 2. The number of halogens is 1. The van der Waals surface area contributed by atoms with Crippen LogP contribution in [0.1, 0.15) is 0 Å². The number of hydrogen-bond acceptors (Lipinski definition) is 2. The monoisotopic (exact) mass is 283 g/mol. The Hall–Kier alpha value is -2.26. The Balaban J connectivity index is 0.00000121. The van der Waals surface area contributed by atoms with Crippen molar-refractivity contribution in [3.05, 3.63) is 48.5 Å². The second kappa shape index (κ2) is 4.39. The van der Waals surface area contributed by atoms with Crippen LogP contribution in [0.2, 0.25) is 0 Å². The van der Waals surface area contributed by atoms with Gasteiger partial charge in [-0.2, -0.15) is 0 Å². The Morgan fingerprint density at radius 3 is 2.40 bits per heavy atom. The summed E-state index contributed by atoms with van der Waals surface area (Å²) >= 11 is 0. The minimum atomic E-state index is 0. The van der Waals surface area contributed by atoms with E-state index in [1.54, 1.807) is 0 Å². The Labute approximate surface area is 122 Å². The van der Waals surface area contributed by atoms with Gasteiger partial charge in [0.05, 0.1) is 22.4 Å². The largest absolute Gasteiger partial charge is 0.396 e. The van der Waals surface area contributed by atoms with E-state index in [9.17, 15) is 0 Å². The molecule has 2 aliphatic heterocycles. The van der Waals surface area contributed by atoms with E-state index >= 15 is 0 Å². The van der Waals surface area contributed by atoms with Crippen LogP contribution in [-0.4, -0.2) is 9.55 Å². The fraction of sp³-hybridized carbons (Fsp3) is 0.0625. The number of hydrogen-bond donors (Lipinski definition) is 1. The van der Waals surface area contributed by atoms with Gasteiger partial charge in [-0.25, -0.2) is 4.98 Å². The number of fused-ring (bicyclic) bond motifs is 4. The molecule has 2 aromatic rings. The maximum atomic E-state index is 6.31. The highest BCUT2D eigenvalue weighted by atomic mass is 35.5. The third-order valence-electron chi connectivity index (χ3n) is 3.76. The van der Waals surface area contributed by atoms with Gasteiger partial charge in [0.1, 0.15) is 5.69 Å². The van der Waals surface area contributed by atoms with Crippen molar-refractivity contribution in [3.63, 3.8) is 0 Å². The smallest absolute Gasteiger partial charge is 0.112 e. The van der Waals surface area contributed by atoms with Gasteiger partial charge in [0.15, 0.2) is 0 Å². The molecule has 0 saturated carbocycles. The first kappa shape index (κ1) is 12.8. The predicted octanol–water partition coefficient (Wildman–Crippen LogP) is 3.84. The van der Waals surface area contributed by atoms with E-state index in [2.05, 4.69) is 28.7 Å². The number of pyridine rings is 1. The molecule has 100 valence electrons. The zero-order valence-corrected chi connectivity index (χ0v) is 11.8. The standard InChI is InChI=1S/C16H13N3.ClH/c1-19-13-9-5-3-7-11(13)14(17)15-16(19)10-6-2-4-8-12(10)18-15;/h2-9H,17H2,1H3;1H. The van der Waals surface area contributed by atoms with Gasteiger partial charge in [0.25, 0.3) is 0 Å². The summed E-state index contributed by atoms with van der Waals surface area (Å²) in [6.07, 6.45) is 0. The van der Waals surface area contributed by atoms with Gasteiger partial charge in [-0.05, 0) is 12.1 Å². The van der Waals surface area contributed by atoms with Crippen molar-refractivity contribution in [2.75, 3.05) is 5.73 Å².